The monoisotopic (exact) mass is 935 g/mol. The number of amides is 5. The summed E-state index contributed by atoms with van der Waals surface area (Å²) in [6.45, 7) is 6.05. The Hall–Kier alpha value is -7.37. The third kappa shape index (κ3) is 16.5. The summed E-state index contributed by atoms with van der Waals surface area (Å²) in [6, 6.07) is 21.2. The van der Waals surface area contributed by atoms with E-state index in [-0.39, 0.29) is 37.7 Å². The molecule has 1 aliphatic carbocycles. The Labute approximate surface area is 395 Å². The van der Waals surface area contributed by atoms with E-state index in [1.165, 1.54) is 12.5 Å². The van der Waals surface area contributed by atoms with Crippen LogP contribution in [0, 0.1) is 5.92 Å². The molecule has 5 N–H and O–H groups in total. The van der Waals surface area contributed by atoms with Gasteiger partial charge in [-0.15, -0.1) is 0 Å². The molecule has 3 aromatic carbocycles. The molecule has 18 nitrogen and oxygen atoms in total. The third-order valence-electron chi connectivity index (χ3n) is 10.9. The lowest BCUT2D eigenvalue weighted by Gasteiger charge is -2.32. The fourth-order valence-corrected chi connectivity index (χ4v) is 7.53. The predicted octanol–water partition coefficient (Wildman–Crippen LogP) is 5.14. The van der Waals surface area contributed by atoms with Gasteiger partial charge in [-0.25, -0.2) is 23.9 Å². The van der Waals surface area contributed by atoms with E-state index in [0.29, 0.717) is 24.8 Å². The maximum atomic E-state index is 14.3. The van der Waals surface area contributed by atoms with Gasteiger partial charge in [0.05, 0.1) is 18.3 Å². The molecule has 0 radical (unpaired) electrons. The Balaban J connectivity index is 1.29. The zero-order chi connectivity index (χ0) is 49.1. The normalized spacial score (nSPS) is 14.4. The molecule has 18 heteroatoms. The van der Waals surface area contributed by atoms with Gasteiger partial charge in [-0.05, 0) is 62.6 Å². The molecular weight excluding hydrogens is 875 g/mol. The number of nitrogens with zero attached hydrogens (tertiary/aromatic N) is 2. The Kier molecular flexibility index (Phi) is 19.4. The Morgan fingerprint density at radius 2 is 1.31 bits per heavy atom. The molecule has 1 heterocycles. The fraction of sp³-hybridized carbons (Fsp3) is 0.420. The van der Waals surface area contributed by atoms with Crippen molar-refractivity contribution in [3.8, 4) is 0 Å². The van der Waals surface area contributed by atoms with Gasteiger partial charge in [0, 0.05) is 12.6 Å². The van der Waals surface area contributed by atoms with E-state index in [1.807, 2.05) is 24.3 Å². The summed E-state index contributed by atoms with van der Waals surface area (Å²) >= 11 is 0. The number of rotatable bonds is 21. The van der Waals surface area contributed by atoms with Gasteiger partial charge in [0.2, 0.25) is 23.5 Å². The number of benzene rings is 3. The Morgan fingerprint density at radius 1 is 0.721 bits per heavy atom. The largest absolute Gasteiger partial charge is 0.459 e. The summed E-state index contributed by atoms with van der Waals surface area (Å²) in [5.41, 5.74) is 1.25. The average molecular weight is 936 g/mol. The zero-order valence-electron chi connectivity index (χ0n) is 38.9. The fourth-order valence-electron chi connectivity index (χ4n) is 7.53. The number of hydrogen-bond donors (Lipinski definition) is 5. The predicted molar refractivity (Wildman–Crippen MR) is 248 cm³/mol. The number of carbonyl (C=O) groups excluding carboxylic acids is 8. The molecule has 1 fully saturated rings. The molecule has 5 amide bonds. The van der Waals surface area contributed by atoms with Crippen molar-refractivity contribution in [1.82, 2.24) is 36.1 Å². The lowest BCUT2D eigenvalue weighted by molar-refractivity contribution is -0.149. The molecule has 4 atom stereocenters. The van der Waals surface area contributed by atoms with Crippen molar-refractivity contribution < 1.29 is 52.6 Å². The molecule has 0 aliphatic heterocycles. The molecular formula is C50H61N7O11. The molecule has 5 rings (SSSR count). The summed E-state index contributed by atoms with van der Waals surface area (Å²) < 4.78 is 17.5. The minimum Gasteiger partial charge on any atom is -0.459 e. The lowest BCUT2D eigenvalue weighted by atomic mass is 9.83. The maximum Gasteiger partial charge on any atom is 0.419 e. The number of ketones is 1. The van der Waals surface area contributed by atoms with Crippen molar-refractivity contribution in [2.75, 3.05) is 6.54 Å². The molecule has 0 bridgehead atoms. The third-order valence-corrected chi connectivity index (χ3v) is 10.9. The van der Waals surface area contributed by atoms with Crippen molar-refractivity contribution in [1.29, 1.82) is 0 Å². The second-order valence-electron chi connectivity index (χ2n) is 17.5. The minimum atomic E-state index is -1.43. The van der Waals surface area contributed by atoms with Crippen LogP contribution in [0.3, 0.4) is 0 Å². The summed E-state index contributed by atoms with van der Waals surface area (Å²) in [4.78, 5) is 112. The van der Waals surface area contributed by atoms with E-state index < -0.39 is 83.9 Å². The summed E-state index contributed by atoms with van der Waals surface area (Å²) in [5, 5.41) is 12.9. The van der Waals surface area contributed by atoms with E-state index >= 15 is 0 Å². The van der Waals surface area contributed by atoms with Crippen LogP contribution in [0.15, 0.2) is 104 Å². The Bertz CT molecular complexity index is 2330. The second-order valence-corrected chi connectivity index (χ2v) is 17.5. The smallest absolute Gasteiger partial charge is 0.419 e. The van der Waals surface area contributed by atoms with E-state index in [1.54, 1.807) is 94.4 Å². The van der Waals surface area contributed by atoms with Gasteiger partial charge in [0.25, 0.3) is 5.91 Å². The molecule has 68 heavy (non-hydrogen) atoms. The van der Waals surface area contributed by atoms with Crippen molar-refractivity contribution >= 4 is 47.6 Å². The quantitative estimate of drug-likeness (QED) is 0.0415. The number of Topliss-reactive ketones (excluding diaryl/α,β-unsaturated/α-hetero) is 1. The molecule has 0 saturated heterocycles. The van der Waals surface area contributed by atoms with Gasteiger partial charge in [0.1, 0.15) is 37.2 Å². The molecule has 1 saturated carbocycles. The van der Waals surface area contributed by atoms with Crippen LogP contribution in [-0.4, -0.2) is 87.4 Å². The minimum absolute atomic E-state index is 0.000965. The number of carbonyl (C=O) groups is 8. The number of alkyl carbamates (subject to hydrolysis) is 1. The second kappa shape index (κ2) is 25.5. The van der Waals surface area contributed by atoms with Crippen LogP contribution in [0.4, 0.5) is 9.59 Å². The number of esters is 1. The zero-order valence-corrected chi connectivity index (χ0v) is 38.9. The van der Waals surface area contributed by atoms with Gasteiger partial charge < -0.3 is 40.8 Å². The van der Waals surface area contributed by atoms with Crippen LogP contribution in [-0.2, 0) is 62.6 Å². The highest BCUT2D eigenvalue weighted by molar-refractivity contribution is 6.38. The highest BCUT2D eigenvalue weighted by atomic mass is 16.6. The molecule has 1 aromatic heterocycles. The first-order valence-electron chi connectivity index (χ1n) is 22.8. The summed E-state index contributed by atoms with van der Waals surface area (Å²) in [7, 11) is 0. The summed E-state index contributed by atoms with van der Waals surface area (Å²) in [5.74, 6) is -5.64. The van der Waals surface area contributed by atoms with Crippen molar-refractivity contribution in [3.63, 3.8) is 0 Å². The molecule has 4 aromatic rings. The van der Waals surface area contributed by atoms with E-state index in [4.69, 9.17) is 14.2 Å². The van der Waals surface area contributed by atoms with E-state index in [2.05, 4.69) is 31.6 Å². The van der Waals surface area contributed by atoms with Gasteiger partial charge in [0.15, 0.2) is 6.04 Å². The highest BCUT2D eigenvalue weighted by Crippen LogP contribution is 2.27. The van der Waals surface area contributed by atoms with Gasteiger partial charge in [-0.1, -0.05) is 124 Å². The van der Waals surface area contributed by atoms with Crippen LogP contribution in [0.2, 0.25) is 0 Å². The first-order valence-corrected chi connectivity index (χ1v) is 22.8. The number of ether oxygens (including phenoxy) is 3. The van der Waals surface area contributed by atoms with Crippen LogP contribution in [0.1, 0.15) is 101 Å². The lowest BCUT2D eigenvalue weighted by Crippen LogP contribution is -2.59. The first kappa shape index (κ1) is 51.6. The number of nitrogens with one attached hydrogen (secondary N) is 5. The maximum absolute atomic E-state index is 14.3. The van der Waals surface area contributed by atoms with Crippen molar-refractivity contribution in [2.24, 2.45) is 5.92 Å². The van der Waals surface area contributed by atoms with Crippen molar-refractivity contribution in [3.05, 3.63) is 126 Å². The molecule has 362 valence electrons. The molecule has 1 aliphatic rings. The van der Waals surface area contributed by atoms with E-state index in [0.717, 1.165) is 35.0 Å². The number of hydrogen-bond acceptors (Lipinski definition) is 12. The van der Waals surface area contributed by atoms with E-state index in [9.17, 15) is 38.4 Å². The van der Waals surface area contributed by atoms with Gasteiger partial charge in [-0.3, -0.25) is 24.0 Å². The van der Waals surface area contributed by atoms with Gasteiger partial charge >= 0.3 is 18.2 Å². The number of aromatic nitrogens is 2. The number of imidazole rings is 1. The first-order chi connectivity index (χ1) is 32.6. The SMILES string of the molecule is CCCC(NC(=O)[C@H](Cc1cn(C(=O)OCc2ccccc2)cn1)NC(=O)[C@@H](NC(=O)OC(C)(C)C)C1CCCCC1)C(=O)C(=O)NCC(=O)N[C@H](C(=O)OCc1ccccc1)c1ccccc1. The Morgan fingerprint density at radius 3 is 1.91 bits per heavy atom. The average Bonchev–Trinajstić information content (AvgIpc) is 3.81. The standard InChI is InChI=1S/C50H61N7O11/c1-5-18-38(43(59)46(62)51-28-40(58)55-42(36-25-16-9-17-26-36)47(63)66-30-33-19-10-6-11-20-33)53-44(60)39(27-37-29-57(32-52-37)49(65)67-31-34-21-12-7-13-22-34)54-45(61)41(35-23-14-8-15-24-35)56-48(64)68-50(2,3)4/h6-7,9-13,16-17,19-22,25-26,29,32,35,38-39,41-42H,5,8,14-15,18,23-24,27-28,30-31H2,1-4H3,(H,51,62)(H,53,60)(H,54,61)(H,55,58)(H,56,64)/t38?,39-,41-,42-/m0/s1. The van der Waals surface area contributed by atoms with Crippen LogP contribution < -0.4 is 26.6 Å². The molecule has 1 unspecified atom stereocenters. The van der Waals surface area contributed by atoms with Crippen LogP contribution >= 0.6 is 0 Å². The topological polar surface area (TPSA) is 242 Å². The van der Waals surface area contributed by atoms with Crippen molar-refractivity contribution in [2.45, 2.75) is 122 Å². The van der Waals surface area contributed by atoms with Gasteiger partial charge in [-0.2, -0.15) is 0 Å². The van der Waals surface area contributed by atoms with Crippen LogP contribution in [0.25, 0.3) is 0 Å². The highest BCUT2D eigenvalue weighted by Gasteiger charge is 2.36. The summed E-state index contributed by atoms with van der Waals surface area (Å²) in [6.07, 6.45) is 4.91. The molecule has 0 spiro atoms. The van der Waals surface area contributed by atoms with Crippen LogP contribution in [0.5, 0.6) is 0 Å².